The average molecular weight is 287 g/mol. The molecule has 0 unspecified atom stereocenters. The van der Waals surface area contributed by atoms with Gasteiger partial charge in [-0.2, -0.15) is 0 Å². The quantitative estimate of drug-likeness (QED) is 0.927. The van der Waals surface area contributed by atoms with E-state index in [0.29, 0.717) is 5.92 Å². The summed E-state index contributed by atoms with van der Waals surface area (Å²) in [6.45, 7) is 8.03. The number of nitrogens with zero attached hydrogens (tertiary/aromatic N) is 2. The Labute approximate surface area is 127 Å². The van der Waals surface area contributed by atoms with Crippen molar-refractivity contribution >= 4 is 17.4 Å². The number of fused-ring (bicyclic) bond motifs is 1. The summed E-state index contributed by atoms with van der Waals surface area (Å²) in [4.78, 5) is 16.7. The van der Waals surface area contributed by atoms with Crippen molar-refractivity contribution in [3.63, 3.8) is 0 Å². The van der Waals surface area contributed by atoms with Crippen LogP contribution in [0.1, 0.15) is 32.3 Å². The summed E-state index contributed by atoms with van der Waals surface area (Å²) in [5, 5.41) is 3.03. The largest absolute Gasteiger partial charge is 0.371 e. The standard InChI is InChI=1S/C17H25N3O/c1-13(2)12-18-17(21)20-10-7-14-5-6-15(11-16(14)20)19-8-3-4-9-19/h5-6,11,13H,3-4,7-10,12H2,1-2H3,(H,18,21). The number of urea groups is 1. The van der Waals surface area contributed by atoms with Gasteiger partial charge in [-0.25, -0.2) is 4.79 Å². The molecule has 0 bridgehead atoms. The number of benzene rings is 1. The second kappa shape index (κ2) is 5.96. The van der Waals surface area contributed by atoms with Crippen LogP contribution in [-0.2, 0) is 6.42 Å². The van der Waals surface area contributed by atoms with Crippen LogP contribution in [0.3, 0.4) is 0 Å². The Kier molecular flexibility index (Phi) is 4.04. The zero-order valence-electron chi connectivity index (χ0n) is 13.1. The minimum Gasteiger partial charge on any atom is -0.371 e. The summed E-state index contributed by atoms with van der Waals surface area (Å²) in [5.41, 5.74) is 3.65. The van der Waals surface area contributed by atoms with E-state index in [1.165, 1.54) is 24.1 Å². The summed E-state index contributed by atoms with van der Waals surface area (Å²) in [5.74, 6) is 0.479. The average Bonchev–Trinajstić information content (AvgIpc) is 3.13. The van der Waals surface area contributed by atoms with Gasteiger partial charge in [-0.15, -0.1) is 0 Å². The molecule has 3 rings (SSSR count). The second-order valence-corrected chi connectivity index (χ2v) is 6.49. The number of nitrogens with one attached hydrogen (secondary N) is 1. The second-order valence-electron chi connectivity index (χ2n) is 6.49. The van der Waals surface area contributed by atoms with Crippen LogP contribution in [-0.4, -0.2) is 32.2 Å². The van der Waals surface area contributed by atoms with Crippen molar-refractivity contribution in [1.29, 1.82) is 0 Å². The smallest absolute Gasteiger partial charge is 0.321 e. The highest BCUT2D eigenvalue weighted by Crippen LogP contribution is 2.33. The maximum Gasteiger partial charge on any atom is 0.321 e. The van der Waals surface area contributed by atoms with Crippen LogP contribution in [0.25, 0.3) is 0 Å². The summed E-state index contributed by atoms with van der Waals surface area (Å²) in [7, 11) is 0. The van der Waals surface area contributed by atoms with E-state index in [4.69, 9.17) is 0 Å². The number of rotatable bonds is 3. The summed E-state index contributed by atoms with van der Waals surface area (Å²) in [6, 6.07) is 6.64. The number of amides is 2. The number of anilines is 2. The Bertz CT molecular complexity index is 521. The van der Waals surface area contributed by atoms with Crippen molar-refractivity contribution in [2.45, 2.75) is 33.1 Å². The lowest BCUT2D eigenvalue weighted by Crippen LogP contribution is -2.40. The van der Waals surface area contributed by atoms with Crippen molar-refractivity contribution in [3.05, 3.63) is 23.8 Å². The molecule has 0 aliphatic carbocycles. The molecule has 1 aromatic rings. The fraction of sp³-hybridized carbons (Fsp3) is 0.588. The summed E-state index contributed by atoms with van der Waals surface area (Å²) in [6.07, 6.45) is 3.51. The van der Waals surface area contributed by atoms with Gasteiger partial charge in [0.05, 0.1) is 5.69 Å². The van der Waals surface area contributed by atoms with Crippen LogP contribution in [0.2, 0.25) is 0 Å². The first-order valence-electron chi connectivity index (χ1n) is 8.08. The van der Waals surface area contributed by atoms with Gasteiger partial charge in [0, 0.05) is 31.9 Å². The number of carbonyl (C=O) groups is 1. The Morgan fingerprint density at radius 3 is 2.71 bits per heavy atom. The first-order valence-corrected chi connectivity index (χ1v) is 8.08. The molecule has 1 N–H and O–H groups in total. The lowest BCUT2D eigenvalue weighted by molar-refractivity contribution is 0.245. The molecule has 2 aliphatic heterocycles. The minimum atomic E-state index is 0.0426. The van der Waals surface area contributed by atoms with E-state index < -0.39 is 0 Å². The van der Waals surface area contributed by atoms with Gasteiger partial charge in [-0.05, 0) is 42.9 Å². The molecular weight excluding hydrogens is 262 g/mol. The van der Waals surface area contributed by atoms with Crippen molar-refractivity contribution in [2.24, 2.45) is 5.92 Å². The van der Waals surface area contributed by atoms with Crippen molar-refractivity contribution in [3.8, 4) is 0 Å². The SMILES string of the molecule is CC(C)CNC(=O)N1CCc2ccc(N3CCCC3)cc21. The maximum absolute atomic E-state index is 12.3. The number of hydrogen-bond donors (Lipinski definition) is 1. The van der Waals surface area contributed by atoms with Gasteiger partial charge in [0.1, 0.15) is 0 Å². The molecule has 0 spiro atoms. The highest BCUT2D eigenvalue weighted by atomic mass is 16.2. The van der Waals surface area contributed by atoms with Crippen LogP contribution in [0.5, 0.6) is 0 Å². The highest BCUT2D eigenvalue weighted by molar-refractivity contribution is 5.94. The Morgan fingerprint density at radius 1 is 1.24 bits per heavy atom. The topological polar surface area (TPSA) is 35.6 Å². The van der Waals surface area contributed by atoms with Gasteiger partial charge in [0.15, 0.2) is 0 Å². The number of hydrogen-bond acceptors (Lipinski definition) is 2. The van der Waals surface area contributed by atoms with Crippen molar-refractivity contribution in [1.82, 2.24) is 5.32 Å². The van der Waals surface area contributed by atoms with E-state index in [1.807, 2.05) is 4.90 Å². The molecule has 0 aromatic heterocycles. The maximum atomic E-state index is 12.3. The first-order chi connectivity index (χ1) is 10.1. The van der Waals surface area contributed by atoms with E-state index >= 15 is 0 Å². The van der Waals surface area contributed by atoms with E-state index in [2.05, 4.69) is 42.3 Å². The van der Waals surface area contributed by atoms with Gasteiger partial charge >= 0.3 is 6.03 Å². The highest BCUT2D eigenvalue weighted by Gasteiger charge is 2.26. The molecule has 1 saturated heterocycles. The normalized spacial score (nSPS) is 17.5. The van der Waals surface area contributed by atoms with Gasteiger partial charge in [-0.1, -0.05) is 19.9 Å². The molecule has 0 radical (unpaired) electrons. The van der Waals surface area contributed by atoms with Crippen molar-refractivity contribution < 1.29 is 4.79 Å². The Balaban J connectivity index is 1.76. The lowest BCUT2D eigenvalue weighted by atomic mass is 10.1. The molecule has 2 amide bonds. The molecule has 0 saturated carbocycles. The van der Waals surface area contributed by atoms with Crippen LogP contribution >= 0.6 is 0 Å². The minimum absolute atomic E-state index is 0.0426. The van der Waals surface area contributed by atoms with Crippen LogP contribution in [0.4, 0.5) is 16.2 Å². The monoisotopic (exact) mass is 287 g/mol. The van der Waals surface area contributed by atoms with Crippen LogP contribution in [0.15, 0.2) is 18.2 Å². The van der Waals surface area contributed by atoms with E-state index in [-0.39, 0.29) is 6.03 Å². The van der Waals surface area contributed by atoms with Crippen LogP contribution < -0.4 is 15.1 Å². The zero-order valence-corrected chi connectivity index (χ0v) is 13.1. The molecule has 4 heteroatoms. The van der Waals surface area contributed by atoms with E-state index in [9.17, 15) is 4.79 Å². The van der Waals surface area contributed by atoms with E-state index in [0.717, 1.165) is 38.3 Å². The third-order valence-electron chi connectivity index (χ3n) is 4.34. The first kappa shape index (κ1) is 14.2. The molecular formula is C17H25N3O. The fourth-order valence-electron chi connectivity index (χ4n) is 3.14. The third-order valence-corrected chi connectivity index (χ3v) is 4.34. The van der Waals surface area contributed by atoms with Gasteiger partial charge in [0.25, 0.3) is 0 Å². The summed E-state index contributed by atoms with van der Waals surface area (Å²) >= 11 is 0. The van der Waals surface area contributed by atoms with Crippen LogP contribution in [0, 0.1) is 5.92 Å². The summed E-state index contributed by atoms with van der Waals surface area (Å²) < 4.78 is 0. The van der Waals surface area contributed by atoms with E-state index in [1.54, 1.807) is 0 Å². The van der Waals surface area contributed by atoms with Gasteiger partial charge in [0.2, 0.25) is 0 Å². The zero-order chi connectivity index (χ0) is 14.8. The molecule has 2 aliphatic rings. The lowest BCUT2D eigenvalue weighted by Gasteiger charge is -2.22. The van der Waals surface area contributed by atoms with Gasteiger partial charge in [-0.3, -0.25) is 4.90 Å². The molecule has 21 heavy (non-hydrogen) atoms. The third kappa shape index (κ3) is 2.99. The predicted molar refractivity (Wildman–Crippen MR) is 87.2 cm³/mol. The fourth-order valence-corrected chi connectivity index (χ4v) is 3.14. The predicted octanol–water partition coefficient (Wildman–Crippen LogP) is 3.01. The molecule has 4 nitrogen and oxygen atoms in total. The molecule has 0 atom stereocenters. The molecule has 114 valence electrons. The molecule has 1 fully saturated rings. The Morgan fingerprint density at radius 2 is 2.00 bits per heavy atom. The molecule has 1 aromatic carbocycles. The van der Waals surface area contributed by atoms with Crippen molar-refractivity contribution in [2.75, 3.05) is 36.0 Å². The number of carbonyl (C=O) groups excluding carboxylic acids is 1. The Hall–Kier alpha value is -1.71. The molecule has 2 heterocycles. The van der Waals surface area contributed by atoms with Gasteiger partial charge < -0.3 is 10.2 Å².